The summed E-state index contributed by atoms with van der Waals surface area (Å²) in [6, 6.07) is 0.165. The van der Waals surface area contributed by atoms with E-state index in [1.807, 2.05) is 0 Å². The van der Waals surface area contributed by atoms with Crippen molar-refractivity contribution in [2.24, 2.45) is 5.41 Å². The van der Waals surface area contributed by atoms with Crippen LogP contribution in [-0.4, -0.2) is 50.1 Å². The molecule has 0 aromatic rings. The monoisotopic (exact) mass is 254 g/mol. The second kappa shape index (κ2) is 5.26. The van der Waals surface area contributed by atoms with E-state index in [2.05, 4.69) is 17.3 Å². The zero-order valence-corrected chi connectivity index (χ0v) is 11.2. The van der Waals surface area contributed by atoms with E-state index in [1.165, 1.54) is 7.11 Å². The predicted octanol–water partition coefficient (Wildman–Crippen LogP) is 0.540. The van der Waals surface area contributed by atoms with Crippen LogP contribution in [0, 0.1) is 5.41 Å². The summed E-state index contributed by atoms with van der Waals surface area (Å²) in [5, 5.41) is 3.03. The Balaban J connectivity index is 1.96. The van der Waals surface area contributed by atoms with Gasteiger partial charge in [-0.05, 0) is 39.3 Å². The average molecular weight is 254 g/mol. The summed E-state index contributed by atoms with van der Waals surface area (Å²) in [5.74, 6) is -0.517. The van der Waals surface area contributed by atoms with Gasteiger partial charge in [0.15, 0.2) is 0 Å². The first kappa shape index (κ1) is 13.3. The highest BCUT2D eigenvalue weighted by atomic mass is 16.5. The number of carbonyl (C=O) groups excluding carboxylic acids is 2. The van der Waals surface area contributed by atoms with Crippen LogP contribution in [0.15, 0.2) is 0 Å². The van der Waals surface area contributed by atoms with E-state index in [4.69, 9.17) is 4.74 Å². The maximum absolute atomic E-state index is 12.3. The number of likely N-dealkylation sites (N-methyl/N-ethyl adjacent to an activating group) is 1. The molecule has 0 aromatic carbocycles. The highest BCUT2D eigenvalue weighted by molar-refractivity contribution is 6.03. The van der Waals surface area contributed by atoms with Crippen molar-refractivity contribution in [3.8, 4) is 0 Å². The van der Waals surface area contributed by atoms with Gasteiger partial charge in [0.1, 0.15) is 5.41 Å². The van der Waals surface area contributed by atoms with Gasteiger partial charge in [-0.25, -0.2) is 0 Å². The summed E-state index contributed by atoms with van der Waals surface area (Å²) in [4.78, 5) is 26.3. The van der Waals surface area contributed by atoms with Crippen molar-refractivity contribution in [3.63, 3.8) is 0 Å². The third kappa shape index (κ3) is 2.36. The molecule has 2 aliphatic rings. The number of nitrogens with zero attached hydrogens (tertiary/aromatic N) is 1. The zero-order chi connectivity index (χ0) is 13.2. The molecule has 1 aliphatic heterocycles. The van der Waals surface area contributed by atoms with E-state index >= 15 is 0 Å². The van der Waals surface area contributed by atoms with Crippen LogP contribution in [0.5, 0.6) is 0 Å². The molecule has 0 radical (unpaired) electrons. The number of rotatable bonds is 3. The van der Waals surface area contributed by atoms with Crippen molar-refractivity contribution < 1.29 is 14.3 Å². The molecule has 5 heteroatoms. The highest BCUT2D eigenvalue weighted by Crippen LogP contribution is 2.42. The van der Waals surface area contributed by atoms with Gasteiger partial charge in [0.2, 0.25) is 5.91 Å². The first-order chi connectivity index (χ1) is 8.58. The summed E-state index contributed by atoms with van der Waals surface area (Å²) in [6.45, 7) is 1.94. The molecule has 1 aliphatic carbocycles. The Kier molecular flexibility index (Phi) is 3.90. The predicted molar refractivity (Wildman–Crippen MR) is 67.0 cm³/mol. The minimum atomic E-state index is -0.898. The maximum atomic E-state index is 12.3. The molecule has 0 aromatic heterocycles. The minimum absolute atomic E-state index is 0.138. The number of hydrogen-bond donors (Lipinski definition) is 1. The van der Waals surface area contributed by atoms with Gasteiger partial charge in [-0.1, -0.05) is 6.42 Å². The molecular weight excluding hydrogens is 232 g/mol. The Hall–Kier alpha value is -1.10. The molecule has 102 valence electrons. The number of nitrogens with one attached hydrogen (secondary N) is 1. The van der Waals surface area contributed by atoms with E-state index in [0.717, 1.165) is 32.4 Å². The summed E-state index contributed by atoms with van der Waals surface area (Å²) in [7, 11) is 3.40. The standard InChI is InChI=1S/C13H22N2O3/c1-15-8-3-5-10(9-15)14-11(16)13(6-4-7-13)12(17)18-2/h10H,3-9H2,1-2H3,(H,14,16). The lowest BCUT2D eigenvalue weighted by atomic mass is 9.68. The van der Waals surface area contributed by atoms with Crippen LogP contribution in [0.2, 0.25) is 0 Å². The number of likely N-dealkylation sites (tertiary alicyclic amines) is 1. The third-order valence-electron chi connectivity index (χ3n) is 4.18. The number of carbonyl (C=O) groups is 2. The fraction of sp³-hybridized carbons (Fsp3) is 0.846. The van der Waals surface area contributed by atoms with Gasteiger partial charge in [0.05, 0.1) is 7.11 Å². The van der Waals surface area contributed by atoms with E-state index in [1.54, 1.807) is 0 Å². The van der Waals surface area contributed by atoms with Crippen LogP contribution in [0.25, 0.3) is 0 Å². The van der Waals surface area contributed by atoms with Crippen molar-refractivity contribution in [2.45, 2.75) is 38.1 Å². The Morgan fingerprint density at radius 1 is 1.33 bits per heavy atom. The topological polar surface area (TPSA) is 58.6 Å². The number of piperidine rings is 1. The SMILES string of the molecule is COC(=O)C1(C(=O)NC2CCCN(C)C2)CCC1. The van der Waals surface area contributed by atoms with Crippen molar-refractivity contribution in [3.05, 3.63) is 0 Å². The highest BCUT2D eigenvalue weighted by Gasteiger charge is 2.52. The quantitative estimate of drug-likeness (QED) is 0.590. The lowest BCUT2D eigenvalue weighted by Gasteiger charge is -2.39. The fourth-order valence-electron chi connectivity index (χ4n) is 2.86. The van der Waals surface area contributed by atoms with Gasteiger partial charge >= 0.3 is 5.97 Å². The smallest absolute Gasteiger partial charge is 0.321 e. The van der Waals surface area contributed by atoms with E-state index < -0.39 is 5.41 Å². The molecule has 1 atom stereocenters. The van der Waals surface area contributed by atoms with Crippen LogP contribution in [0.1, 0.15) is 32.1 Å². The molecule has 0 bridgehead atoms. The number of amides is 1. The summed E-state index contributed by atoms with van der Waals surface area (Å²) in [6.07, 6.45) is 4.25. The molecule has 1 unspecified atom stereocenters. The second-order valence-corrected chi connectivity index (χ2v) is 5.50. The maximum Gasteiger partial charge on any atom is 0.321 e. The van der Waals surface area contributed by atoms with Gasteiger partial charge in [-0.2, -0.15) is 0 Å². The molecule has 1 heterocycles. The molecule has 1 amide bonds. The molecule has 2 rings (SSSR count). The van der Waals surface area contributed by atoms with Gasteiger partial charge in [0.25, 0.3) is 0 Å². The van der Waals surface area contributed by atoms with Gasteiger partial charge in [-0.15, -0.1) is 0 Å². The van der Waals surface area contributed by atoms with Crippen LogP contribution in [-0.2, 0) is 14.3 Å². The molecular formula is C13H22N2O3. The van der Waals surface area contributed by atoms with E-state index in [9.17, 15) is 9.59 Å². The van der Waals surface area contributed by atoms with Crippen molar-refractivity contribution in [1.82, 2.24) is 10.2 Å². The first-order valence-corrected chi connectivity index (χ1v) is 6.66. The number of ether oxygens (including phenoxy) is 1. The Morgan fingerprint density at radius 2 is 2.06 bits per heavy atom. The molecule has 5 nitrogen and oxygen atoms in total. The molecule has 18 heavy (non-hydrogen) atoms. The fourth-order valence-corrected chi connectivity index (χ4v) is 2.86. The molecule has 1 saturated heterocycles. The Labute approximate surface area is 108 Å². The van der Waals surface area contributed by atoms with Crippen LogP contribution < -0.4 is 5.32 Å². The lowest BCUT2D eigenvalue weighted by molar-refractivity contribution is -0.165. The summed E-state index contributed by atoms with van der Waals surface area (Å²) < 4.78 is 4.78. The Morgan fingerprint density at radius 3 is 2.56 bits per heavy atom. The normalized spacial score (nSPS) is 27.1. The molecule has 0 spiro atoms. The van der Waals surface area contributed by atoms with Crippen molar-refractivity contribution in [2.75, 3.05) is 27.2 Å². The summed E-state index contributed by atoms with van der Waals surface area (Å²) in [5.41, 5.74) is -0.898. The number of esters is 1. The number of hydrogen-bond acceptors (Lipinski definition) is 4. The van der Waals surface area contributed by atoms with Gasteiger partial charge in [-0.3, -0.25) is 9.59 Å². The van der Waals surface area contributed by atoms with Crippen LogP contribution in [0.4, 0.5) is 0 Å². The second-order valence-electron chi connectivity index (χ2n) is 5.50. The third-order valence-corrected chi connectivity index (χ3v) is 4.18. The zero-order valence-electron chi connectivity index (χ0n) is 11.2. The van der Waals surface area contributed by atoms with Crippen LogP contribution in [0.3, 0.4) is 0 Å². The molecule has 2 fully saturated rings. The lowest BCUT2D eigenvalue weighted by Crippen LogP contribution is -2.56. The van der Waals surface area contributed by atoms with E-state index in [0.29, 0.717) is 12.8 Å². The summed E-state index contributed by atoms with van der Waals surface area (Å²) >= 11 is 0. The van der Waals surface area contributed by atoms with Gasteiger partial charge in [0, 0.05) is 12.6 Å². The average Bonchev–Trinajstić information content (AvgIpc) is 2.27. The Bertz CT molecular complexity index is 339. The van der Waals surface area contributed by atoms with Crippen LogP contribution >= 0.6 is 0 Å². The first-order valence-electron chi connectivity index (χ1n) is 6.66. The van der Waals surface area contributed by atoms with Gasteiger partial charge < -0.3 is 15.0 Å². The number of methoxy groups -OCH3 is 1. The van der Waals surface area contributed by atoms with E-state index in [-0.39, 0.29) is 17.9 Å². The minimum Gasteiger partial charge on any atom is -0.468 e. The molecule has 1 saturated carbocycles. The largest absolute Gasteiger partial charge is 0.468 e. The van der Waals surface area contributed by atoms with Crippen molar-refractivity contribution in [1.29, 1.82) is 0 Å². The van der Waals surface area contributed by atoms with Crippen molar-refractivity contribution >= 4 is 11.9 Å². The molecule has 1 N–H and O–H groups in total.